The molecule has 0 aliphatic carbocycles. The summed E-state index contributed by atoms with van der Waals surface area (Å²) in [4.78, 5) is 2.67. The number of nitrogens with one attached hydrogen (secondary N) is 1. The van der Waals surface area contributed by atoms with Crippen LogP contribution in [0.25, 0.3) is 11.8 Å². The molecular weight excluding hydrogens is 256 g/mol. The Hall–Kier alpha value is -1.54. The first-order valence-corrected chi connectivity index (χ1v) is 8.22. The van der Waals surface area contributed by atoms with Gasteiger partial charge in [0.25, 0.3) is 0 Å². The summed E-state index contributed by atoms with van der Waals surface area (Å²) in [5.41, 5.74) is 4.77. The Morgan fingerprint density at radius 2 is 1.95 bits per heavy atom. The van der Waals surface area contributed by atoms with Crippen molar-refractivity contribution in [2.75, 3.05) is 13.1 Å². The largest absolute Gasteiger partial charge is 0.362 e. The first-order valence-electron chi connectivity index (χ1n) is 8.22. The first kappa shape index (κ1) is 14.4. The molecule has 2 heteroatoms. The second-order valence-electron chi connectivity index (χ2n) is 6.32. The smallest absolute Gasteiger partial charge is 0.0386 e. The molecule has 1 aromatic carbocycles. The highest BCUT2D eigenvalue weighted by Gasteiger charge is 2.25. The van der Waals surface area contributed by atoms with Crippen LogP contribution >= 0.6 is 0 Å². The second kappa shape index (κ2) is 6.48. The number of nitrogens with zero attached hydrogens (tertiary/aromatic N) is 1. The van der Waals surface area contributed by atoms with E-state index >= 15 is 0 Å². The van der Waals surface area contributed by atoms with Gasteiger partial charge in [-0.05, 0) is 62.9 Å². The maximum Gasteiger partial charge on any atom is 0.0386 e. The quantitative estimate of drug-likeness (QED) is 0.768. The topological polar surface area (TPSA) is 15.3 Å². The normalized spacial score (nSPS) is 23.7. The Kier molecular flexibility index (Phi) is 4.45. The number of piperidine rings is 1. The summed E-state index contributed by atoms with van der Waals surface area (Å²) >= 11 is 0. The zero-order chi connectivity index (χ0) is 14.7. The fourth-order valence-corrected chi connectivity index (χ4v) is 3.68. The van der Waals surface area contributed by atoms with Crippen LogP contribution in [-0.2, 0) is 0 Å². The van der Waals surface area contributed by atoms with E-state index in [9.17, 15) is 0 Å². The van der Waals surface area contributed by atoms with Gasteiger partial charge in [0.15, 0.2) is 0 Å². The molecule has 2 saturated heterocycles. The van der Waals surface area contributed by atoms with E-state index in [4.69, 9.17) is 0 Å². The Labute approximate surface area is 128 Å². The van der Waals surface area contributed by atoms with Crippen molar-refractivity contribution < 1.29 is 0 Å². The van der Waals surface area contributed by atoms with Crippen molar-refractivity contribution in [1.29, 1.82) is 0 Å². The molecule has 1 aromatic rings. The van der Waals surface area contributed by atoms with Crippen LogP contribution in [0.15, 0.2) is 31.0 Å². The minimum Gasteiger partial charge on any atom is -0.362 e. The van der Waals surface area contributed by atoms with E-state index in [1.165, 1.54) is 61.9 Å². The van der Waals surface area contributed by atoms with Crippen molar-refractivity contribution in [2.45, 2.75) is 45.1 Å². The number of benzene rings is 1. The Bertz CT molecular complexity index is 532. The summed E-state index contributed by atoms with van der Waals surface area (Å²) in [5.74, 6) is 0. The monoisotopic (exact) mass is 282 g/mol. The molecule has 4 rings (SSSR count). The van der Waals surface area contributed by atoms with Gasteiger partial charge < -0.3 is 10.2 Å². The number of hydrogen-bond donors (Lipinski definition) is 1. The molecule has 0 spiro atoms. The van der Waals surface area contributed by atoms with Crippen LogP contribution in [0.5, 0.6) is 0 Å². The average Bonchev–Trinajstić information content (AvgIpc) is 2.98. The van der Waals surface area contributed by atoms with Crippen LogP contribution in [0.1, 0.15) is 48.8 Å². The minimum absolute atomic E-state index is 0.983. The molecule has 112 valence electrons. The first-order chi connectivity index (χ1) is 10.3. The lowest BCUT2D eigenvalue weighted by Crippen LogP contribution is -2.33. The molecule has 2 nitrogen and oxygen atoms in total. The van der Waals surface area contributed by atoms with Crippen LogP contribution in [0.3, 0.4) is 0 Å². The Balaban J connectivity index is 0.000000131. The number of hydrogen-bond acceptors (Lipinski definition) is 2. The molecular formula is C19H26N2. The van der Waals surface area contributed by atoms with E-state index in [2.05, 4.69) is 48.0 Å². The second-order valence-corrected chi connectivity index (χ2v) is 6.32. The van der Waals surface area contributed by atoms with E-state index in [-0.39, 0.29) is 0 Å². The fraction of sp³-hybridized carbons (Fsp3) is 0.474. The van der Waals surface area contributed by atoms with E-state index in [1.54, 1.807) is 0 Å². The van der Waals surface area contributed by atoms with Crippen molar-refractivity contribution in [1.82, 2.24) is 10.2 Å². The summed E-state index contributed by atoms with van der Waals surface area (Å²) in [5, 5.41) is 3.09. The molecule has 1 N–H and O–H groups in total. The van der Waals surface area contributed by atoms with Crippen molar-refractivity contribution >= 4 is 11.8 Å². The summed E-state index contributed by atoms with van der Waals surface area (Å²) in [6.45, 7) is 8.83. The zero-order valence-electron chi connectivity index (χ0n) is 13.1. The lowest BCUT2D eigenvalue weighted by atomic mass is 9.98. The Morgan fingerprint density at radius 1 is 1.14 bits per heavy atom. The number of aryl methyl sites for hydroxylation is 1. The molecule has 1 atom stereocenters. The van der Waals surface area contributed by atoms with Gasteiger partial charge in [-0.3, -0.25) is 0 Å². The number of fused-ring (bicyclic) bond motifs is 2. The molecule has 0 radical (unpaired) electrons. The fourth-order valence-electron chi connectivity index (χ4n) is 3.68. The van der Waals surface area contributed by atoms with Crippen molar-refractivity contribution in [3.05, 3.63) is 47.7 Å². The van der Waals surface area contributed by atoms with Crippen LogP contribution in [0, 0.1) is 6.92 Å². The van der Waals surface area contributed by atoms with Gasteiger partial charge in [-0.15, -0.1) is 0 Å². The third-order valence-corrected chi connectivity index (χ3v) is 4.89. The van der Waals surface area contributed by atoms with Crippen molar-refractivity contribution in [2.24, 2.45) is 0 Å². The van der Waals surface area contributed by atoms with Crippen LogP contribution in [0.2, 0.25) is 0 Å². The van der Waals surface area contributed by atoms with Crippen LogP contribution in [-0.4, -0.2) is 24.0 Å². The molecule has 3 aliphatic heterocycles. The van der Waals surface area contributed by atoms with Gasteiger partial charge in [0.05, 0.1) is 0 Å². The predicted octanol–water partition coefficient (Wildman–Crippen LogP) is 4.17. The standard InChI is InChI=1S/C11H11N.C8H15N/c1-8-4-3-5-11-9(2)12-7-6-10(8)11;1-2-6-9-7-3-5-8(9)4-1/h3-7,12H,2H2,1H3;8H,1-7H2. The molecule has 3 heterocycles. The molecule has 0 amide bonds. The summed E-state index contributed by atoms with van der Waals surface area (Å²) in [7, 11) is 0. The third-order valence-electron chi connectivity index (χ3n) is 4.89. The summed E-state index contributed by atoms with van der Waals surface area (Å²) < 4.78 is 0. The molecule has 21 heavy (non-hydrogen) atoms. The highest BCUT2D eigenvalue weighted by Crippen LogP contribution is 2.26. The Morgan fingerprint density at radius 3 is 2.76 bits per heavy atom. The minimum atomic E-state index is 0.983. The number of rotatable bonds is 0. The van der Waals surface area contributed by atoms with E-state index < -0.39 is 0 Å². The van der Waals surface area contributed by atoms with Gasteiger partial charge >= 0.3 is 0 Å². The molecule has 0 aromatic heterocycles. The predicted molar refractivity (Wildman–Crippen MR) is 90.8 cm³/mol. The highest BCUT2D eigenvalue weighted by molar-refractivity contribution is 5.77. The van der Waals surface area contributed by atoms with Gasteiger partial charge in [0, 0.05) is 23.5 Å². The van der Waals surface area contributed by atoms with Crippen molar-refractivity contribution in [3.8, 4) is 0 Å². The lowest BCUT2D eigenvalue weighted by Gasteiger charge is -2.28. The highest BCUT2D eigenvalue weighted by atomic mass is 15.2. The molecule has 1 unspecified atom stereocenters. The van der Waals surface area contributed by atoms with E-state index in [0.29, 0.717) is 0 Å². The van der Waals surface area contributed by atoms with Crippen molar-refractivity contribution in [3.63, 3.8) is 0 Å². The molecule has 0 saturated carbocycles. The van der Waals surface area contributed by atoms with Crippen LogP contribution in [0.4, 0.5) is 0 Å². The zero-order valence-corrected chi connectivity index (χ0v) is 13.1. The van der Waals surface area contributed by atoms with E-state index in [0.717, 1.165) is 11.7 Å². The SMILES string of the molecule is C1CCN2CCCC2C1.C=C1NC=Cc2c(C)cccc21. The van der Waals surface area contributed by atoms with Gasteiger partial charge in [-0.1, -0.05) is 31.2 Å². The summed E-state index contributed by atoms with van der Waals surface area (Å²) in [6.07, 6.45) is 11.4. The average molecular weight is 282 g/mol. The third kappa shape index (κ3) is 3.21. The van der Waals surface area contributed by atoms with Crippen LogP contribution < -0.4 is 5.32 Å². The van der Waals surface area contributed by atoms with Gasteiger partial charge in [-0.2, -0.15) is 0 Å². The summed E-state index contributed by atoms with van der Waals surface area (Å²) in [6, 6.07) is 7.25. The lowest BCUT2D eigenvalue weighted by molar-refractivity contribution is 0.198. The van der Waals surface area contributed by atoms with Gasteiger partial charge in [0.2, 0.25) is 0 Å². The molecule has 3 aliphatic rings. The van der Waals surface area contributed by atoms with Gasteiger partial charge in [-0.25, -0.2) is 0 Å². The molecule has 0 bridgehead atoms. The van der Waals surface area contributed by atoms with Gasteiger partial charge in [0.1, 0.15) is 0 Å². The van der Waals surface area contributed by atoms with E-state index in [1.807, 2.05) is 6.20 Å². The maximum absolute atomic E-state index is 3.93. The molecule has 2 fully saturated rings. The maximum atomic E-state index is 3.93.